The van der Waals surface area contributed by atoms with Crippen LogP contribution in [0.15, 0.2) is 182 Å². The first-order chi connectivity index (χ1) is 24.8. The molecule has 0 bridgehead atoms. The Kier molecular flexibility index (Phi) is 19.4. The summed E-state index contributed by atoms with van der Waals surface area (Å²) in [6.07, 6.45) is 4.06. The van der Waals surface area contributed by atoms with E-state index in [-0.39, 0.29) is 81.0 Å². The number of benzene rings is 6. The van der Waals surface area contributed by atoms with Crippen LogP contribution in [0.1, 0.15) is 33.4 Å². The zero-order chi connectivity index (χ0) is 36.3. The molecular weight excluding hydrogens is 797 g/mol. The zero-order valence-electron chi connectivity index (χ0n) is 28.7. The summed E-state index contributed by atoms with van der Waals surface area (Å²) >= 11 is 0. The summed E-state index contributed by atoms with van der Waals surface area (Å²) in [7, 11) is 0. The molecule has 0 heterocycles. The van der Waals surface area contributed by atoms with Gasteiger partial charge in [0.15, 0.2) is 33.4 Å². The molecule has 0 saturated heterocycles. The zero-order valence-corrected chi connectivity index (χ0v) is 31.9. The van der Waals surface area contributed by atoms with Crippen molar-refractivity contribution < 1.29 is 75.1 Å². The van der Waals surface area contributed by atoms with Crippen molar-refractivity contribution in [1.82, 2.24) is 0 Å². The minimum absolute atomic E-state index is 0. The van der Waals surface area contributed by atoms with Crippen molar-refractivity contribution >= 4 is 34.7 Å². The van der Waals surface area contributed by atoms with Gasteiger partial charge in [0.2, 0.25) is 0 Å². The van der Waals surface area contributed by atoms with Gasteiger partial charge in [-0.2, -0.15) is 0 Å². The predicted octanol–water partition coefficient (Wildman–Crippen LogP) is 6.95. The fourth-order valence-electron chi connectivity index (χ4n) is 4.54. The molecule has 0 saturated carbocycles. The largest absolute Gasteiger partial charge is 3.00 e. The van der Waals surface area contributed by atoms with Crippen LogP contribution in [0.5, 0.6) is 0 Å². The quantitative estimate of drug-likeness (QED) is 0.0556. The Morgan fingerprint density at radius 3 is 0.472 bits per heavy atom. The molecule has 1 radical (unpaired) electrons. The summed E-state index contributed by atoms with van der Waals surface area (Å²) in [5.41, 5.74) is 4.06. The third kappa shape index (κ3) is 14.8. The van der Waals surface area contributed by atoms with Gasteiger partial charge in [-0.05, 0) is 72.8 Å². The number of ketones is 6. The van der Waals surface area contributed by atoms with Crippen LogP contribution in [0.4, 0.5) is 0 Å². The molecule has 6 aromatic rings. The molecule has 0 atom stereocenters. The second-order valence-corrected chi connectivity index (χ2v) is 10.9. The van der Waals surface area contributed by atoms with Gasteiger partial charge in [0, 0.05) is 72.8 Å². The second-order valence-electron chi connectivity index (χ2n) is 10.9. The molecule has 0 aliphatic heterocycles. The molecule has 6 rings (SSSR count). The summed E-state index contributed by atoms with van der Waals surface area (Å²) in [4.78, 5) is 59.0. The van der Waals surface area contributed by atoms with Crippen molar-refractivity contribution in [1.29, 1.82) is 0 Å². The summed E-state index contributed by atoms with van der Waals surface area (Å²) in [6.45, 7) is 0. The number of carbonyl (C=O) groups excluding carboxylic acids is 6. The molecule has 53 heavy (non-hydrogen) atoms. The van der Waals surface area contributed by atoms with E-state index in [2.05, 4.69) is 0 Å². The van der Waals surface area contributed by atoms with E-state index in [1.807, 2.05) is 109 Å². The minimum atomic E-state index is 0. The molecule has 0 amide bonds. The molecule has 0 fully saturated rings. The maximum atomic E-state index is 9.83. The topological polar surface area (TPSA) is 158 Å². The van der Waals surface area contributed by atoms with Crippen LogP contribution in [-0.2, 0) is 0 Å². The van der Waals surface area contributed by atoms with E-state index in [0.29, 0.717) is 33.4 Å². The Hall–Kier alpha value is -5.74. The first-order valence-electron chi connectivity index (χ1n) is 16.0. The maximum Gasteiger partial charge on any atom is 3.00 e. The van der Waals surface area contributed by atoms with Crippen LogP contribution < -0.4 is 0 Å². The van der Waals surface area contributed by atoms with E-state index in [9.17, 15) is 28.8 Å². The van der Waals surface area contributed by atoms with Crippen LogP contribution >= 0.6 is 0 Å². The fourth-order valence-corrected chi connectivity index (χ4v) is 4.54. The van der Waals surface area contributed by atoms with Gasteiger partial charge < -0.3 is 5.48 Å². The Morgan fingerprint density at radius 1 is 0.245 bits per heavy atom. The Balaban J connectivity index is 0.000000270. The van der Waals surface area contributed by atoms with Crippen LogP contribution in [0.2, 0.25) is 0 Å². The summed E-state index contributed by atoms with van der Waals surface area (Å²) in [6, 6.07) is 54.6. The van der Waals surface area contributed by atoms with E-state index in [0.717, 1.165) is 0 Å². The number of rotatable bonds is 12. The monoisotopic (exact) mass is 834 g/mol. The molecule has 0 aliphatic carbocycles. The first-order valence-corrected chi connectivity index (χ1v) is 16.0. The van der Waals surface area contributed by atoms with Gasteiger partial charge in [0.1, 0.15) is 0 Å². The molecule has 0 aliphatic rings. The molecule has 0 spiro atoms. The molecule has 7 nitrogen and oxygen atoms in total. The van der Waals surface area contributed by atoms with Gasteiger partial charge >= 0.3 is 75.5 Å². The third-order valence-corrected chi connectivity index (χ3v) is 7.24. The first kappa shape index (κ1) is 43.4. The molecule has 255 valence electrons. The van der Waals surface area contributed by atoms with E-state index in [4.69, 9.17) is 0 Å². The predicted molar refractivity (Wildman–Crippen MR) is 210 cm³/mol. The van der Waals surface area contributed by atoms with E-state index in [1.165, 1.54) is 19.3 Å². The van der Waals surface area contributed by atoms with Crippen LogP contribution in [0, 0.1) is 60.1 Å². The van der Waals surface area contributed by atoms with Gasteiger partial charge in [-0.15, -0.1) is 0 Å². The van der Waals surface area contributed by atoms with Crippen molar-refractivity contribution in [2.45, 2.75) is 0 Å². The Morgan fingerprint density at radius 2 is 0.358 bits per heavy atom. The summed E-state index contributed by atoms with van der Waals surface area (Å²) in [5, 5.41) is 0. The SMILES string of the molecule is [Nd+3].[OH+]=C([CH+]C(=[OH+])c1ccccc1)c1ccccc1.[OH+]=C([CH+]C(=[OH+])c1ccccc1)c1ccccc1.[OH+]=C([CH+]C(=[OH+])c1ccccc1)c1ccccc1.[OH-]. The van der Waals surface area contributed by atoms with Gasteiger partial charge in [-0.25, -0.2) is 28.8 Å². The fraction of sp³-hybridized carbons (Fsp3) is 0. The van der Waals surface area contributed by atoms with E-state index >= 15 is 0 Å². The third-order valence-electron chi connectivity index (χ3n) is 7.24. The number of hydrogen-bond acceptors (Lipinski definition) is 1. The number of hydrogen-bond donors (Lipinski definition) is 0. The van der Waals surface area contributed by atoms with Gasteiger partial charge in [0.25, 0.3) is 19.3 Å². The maximum absolute atomic E-state index is 9.83. The van der Waals surface area contributed by atoms with Crippen molar-refractivity contribution in [3.63, 3.8) is 0 Å². The van der Waals surface area contributed by atoms with Crippen molar-refractivity contribution in [2.75, 3.05) is 0 Å². The van der Waals surface area contributed by atoms with Crippen molar-refractivity contribution in [2.24, 2.45) is 0 Å². The molecule has 0 unspecified atom stereocenters. The molecule has 7 N–H and O–H groups in total. The summed E-state index contributed by atoms with van der Waals surface area (Å²) in [5.74, 6) is 0.289. The van der Waals surface area contributed by atoms with Crippen LogP contribution in [0.3, 0.4) is 0 Å². The van der Waals surface area contributed by atoms with Gasteiger partial charge in [0.05, 0.1) is 0 Å². The molecule has 8 heteroatoms. The molecule has 0 aromatic heterocycles. The standard InChI is InChI=1S/3C15H11O2.Nd.H2O/c3*16-14(12-7-3-1-4-8-12)11-15(17)13-9-5-2-6-10-13;;/h3*1-11H;;1H2/q3*+1;+3;/p+5. The van der Waals surface area contributed by atoms with Crippen molar-refractivity contribution in [3.05, 3.63) is 235 Å². The van der Waals surface area contributed by atoms with Crippen LogP contribution in [0.25, 0.3) is 0 Å². The second kappa shape index (κ2) is 23.7. The van der Waals surface area contributed by atoms with Crippen molar-refractivity contribution in [3.8, 4) is 0 Å². The molecule has 6 aromatic carbocycles. The summed E-state index contributed by atoms with van der Waals surface area (Å²) < 4.78 is 0. The normalized spacial score (nSPS) is 9.28. The smallest absolute Gasteiger partial charge is 0.870 e. The van der Waals surface area contributed by atoms with Crippen LogP contribution in [-0.4, -0.2) is 68.9 Å². The van der Waals surface area contributed by atoms with Gasteiger partial charge in [-0.3, -0.25) is 0 Å². The average molecular weight is 837 g/mol. The Bertz CT molecular complexity index is 1650. The van der Waals surface area contributed by atoms with E-state index in [1.54, 1.807) is 72.8 Å². The Labute approximate surface area is 341 Å². The minimum Gasteiger partial charge on any atom is -0.870 e. The average Bonchev–Trinajstić information content (AvgIpc) is 3.20. The van der Waals surface area contributed by atoms with Gasteiger partial charge in [-0.1, -0.05) is 36.4 Å². The molecular formula is C45H40NdO7+11. The van der Waals surface area contributed by atoms with E-state index < -0.39 is 0 Å².